The molecular formula is C14H18N2O3. The van der Waals surface area contributed by atoms with Crippen LogP contribution in [0.4, 0.5) is 10.5 Å². The number of carbonyl (C=O) groups is 2. The third-order valence-electron chi connectivity index (χ3n) is 3.27. The zero-order chi connectivity index (χ0) is 14.0. The number of hydrogen-bond donors (Lipinski definition) is 1. The number of imide groups is 1. The molecule has 0 saturated carbocycles. The lowest BCUT2D eigenvalue weighted by atomic mass is 10.1. The van der Waals surface area contributed by atoms with Crippen LogP contribution in [-0.4, -0.2) is 25.6 Å². The van der Waals surface area contributed by atoms with Gasteiger partial charge in [0.25, 0.3) is 0 Å². The Morgan fingerprint density at radius 3 is 2.68 bits per heavy atom. The number of ether oxygens (including phenoxy) is 1. The predicted octanol–water partition coefficient (Wildman–Crippen LogP) is 2.01. The highest BCUT2D eigenvalue weighted by molar-refractivity contribution is 6.06. The summed E-state index contributed by atoms with van der Waals surface area (Å²) in [6.45, 7) is 4.40. The number of amides is 3. The maximum Gasteiger partial charge on any atom is 0.328 e. The highest BCUT2D eigenvalue weighted by atomic mass is 16.5. The van der Waals surface area contributed by atoms with Crippen molar-refractivity contribution in [1.29, 1.82) is 0 Å². The van der Waals surface area contributed by atoms with Crippen molar-refractivity contribution in [2.45, 2.75) is 26.7 Å². The van der Waals surface area contributed by atoms with Gasteiger partial charge < -0.3 is 4.74 Å². The van der Waals surface area contributed by atoms with Crippen LogP contribution in [0.1, 0.15) is 24.5 Å². The lowest BCUT2D eigenvalue weighted by Crippen LogP contribution is -2.49. The molecule has 0 aliphatic carbocycles. The molecule has 5 nitrogen and oxygen atoms in total. The van der Waals surface area contributed by atoms with Crippen molar-refractivity contribution in [3.8, 4) is 5.75 Å². The number of rotatable bonds is 3. The summed E-state index contributed by atoms with van der Waals surface area (Å²) in [5, 5.41) is 2.33. The zero-order valence-corrected chi connectivity index (χ0v) is 11.4. The second kappa shape index (κ2) is 5.30. The molecule has 102 valence electrons. The summed E-state index contributed by atoms with van der Waals surface area (Å²) in [6, 6.07) is 3.61. The summed E-state index contributed by atoms with van der Waals surface area (Å²) in [5.41, 5.74) is 2.85. The molecule has 0 radical (unpaired) electrons. The number of nitrogens with one attached hydrogen (secondary N) is 1. The first-order valence-corrected chi connectivity index (χ1v) is 6.35. The van der Waals surface area contributed by atoms with Crippen molar-refractivity contribution in [3.63, 3.8) is 0 Å². The lowest BCUT2D eigenvalue weighted by Gasteiger charge is -2.28. The van der Waals surface area contributed by atoms with Gasteiger partial charge in [-0.3, -0.25) is 15.0 Å². The normalized spacial score (nSPS) is 15.4. The Hall–Kier alpha value is -2.04. The minimum Gasteiger partial charge on any atom is -0.494 e. The van der Waals surface area contributed by atoms with E-state index >= 15 is 0 Å². The molecule has 0 atom stereocenters. The Kier molecular flexibility index (Phi) is 3.74. The van der Waals surface area contributed by atoms with Gasteiger partial charge >= 0.3 is 6.03 Å². The van der Waals surface area contributed by atoms with Gasteiger partial charge in [0.15, 0.2) is 0 Å². The van der Waals surface area contributed by atoms with Gasteiger partial charge in [-0.2, -0.15) is 0 Å². The zero-order valence-electron chi connectivity index (χ0n) is 11.4. The van der Waals surface area contributed by atoms with Crippen molar-refractivity contribution in [2.75, 3.05) is 18.6 Å². The first-order chi connectivity index (χ1) is 9.06. The van der Waals surface area contributed by atoms with Gasteiger partial charge in [-0.05, 0) is 30.5 Å². The van der Waals surface area contributed by atoms with Crippen LogP contribution in [0.3, 0.4) is 0 Å². The summed E-state index contributed by atoms with van der Waals surface area (Å²) < 4.78 is 5.40. The largest absolute Gasteiger partial charge is 0.494 e. The Labute approximate surface area is 112 Å². The maximum absolute atomic E-state index is 11.9. The average molecular weight is 262 g/mol. The Morgan fingerprint density at radius 2 is 2.11 bits per heavy atom. The van der Waals surface area contributed by atoms with E-state index in [1.54, 1.807) is 12.0 Å². The fourth-order valence-electron chi connectivity index (χ4n) is 2.29. The second-order valence-corrected chi connectivity index (χ2v) is 4.57. The third kappa shape index (κ3) is 2.54. The SMILES string of the molecule is CCc1cc(C)c(OC)c(N2CCC(=O)NC2=O)c1. The Bertz CT molecular complexity index is 526. The monoisotopic (exact) mass is 262 g/mol. The smallest absolute Gasteiger partial charge is 0.328 e. The summed E-state index contributed by atoms with van der Waals surface area (Å²) in [7, 11) is 1.59. The van der Waals surface area contributed by atoms with Crippen LogP contribution in [0, 0.1) is 6.92 Å². The first kappa shape index (κ1) is 13.4. The molecule has 0 aromatic heterocycles. The number of aryl methyl sites for hydroxylation is 2. The highest BCUT2D eigenvalue weighted by Gasteiger charge is 2.27. The van der Waals surface area contributed by atoms with E-state index in [0.29, 0.717) is 18.7 Å². The molecule has 1 aliphatic heterocycles. The van der Waals surface area contributed by atoms with Gasteiger partial charge in [-0.25, -0.2) is 4.79 Å². The lowest BCUT2D eigenvalue weighted by molar-refractivity contribution is -0.120. The molecule has 1 saturated heterocycles. The molecule has 5 heteroatoms. The van der Waals surface area contributed by atoms with Crippen LogP contribution >= 0.6 is 0 Å². The fraction of sp³-hybridized carbons (Fsp3) is 0.429. The van der Waals surface area contributed by atoms with Crippen molar-refractivity contribution in [2.24, 2.45) is 0 Å². The molecule has 1 aromatic rings. The number of anilines is 1. The molecule has 0 unspecified atom stereocenters. The van der Waals surface area contributed by atoms with Gasteiger partial charge in [0.2, 0.25) is 5.91 Å². The van der Waals surface area contributed by atoms with E-state index in [1.165, 1.54) is 0 Å². The van der Waals surface area contributed by atoms with Crippen LogP contribution in [0.15, 0.2) is 12.1 Å². The molecular weight excluding hydrogens is 244 g/mol. The van der Waals surface area contributed by atoms with Gasteiger partial charge in [0, 0.05) is 13.0 Å². The van der Waals surface area contributed by atoms with Crippen molar-refractivity contribution in [1.82, 2.24) is 5.32 Å². The third-order valence-corrected chi connectivity index (χ3v) is 3.27. The van der Waals surface area contributed by atoms with Gasteiger partial charge in [0.1, 0.15) is 5.75 Å². The summed E-state index contributed by atoms with van der Waals surface area (Å²) in [5.74, 6) is 0.449. The van der Waals surface area contributed by atoms with E-state index in [1.807, 2.05) is 13.0 Å². The van der Waals surface area contributed by atoms with Gasteiger partial charge in [0.05, 0.1) is 12.8 Å². The van der Waals surface area contributed by atoms with E-state index in [2.05, 4.69) is 18.3 Å². The molecule has 0 spiro atoms. The molecule has 2 rings (SSSR count). The first-order valence-electron chi connectivity index (χ1n) is 6.35. The maximum atomic E-state index is 11.9. The van der Waals surface area contributed by atoms with Crippen molar-refractivity contribution < 1.29 is 14.3 Å². The highest BCUT2D eigenvalue weighted by Crippen LogP contribution is 2.34. The number of carbonyl (C=O) groups excluding carboxylic acids is 2. The number of urea groups is 1. The van der Waals surface area contributed by atoms with Gasteiger partial charge in [-0.15, -0.1) is 0 Å². The topological polar surface area (TPSA) is 58.6 Å². The molecule has 1 N–H and O–H groups in total. The summed E-state index contributed by atoms with van der Waals surface area (Å²) >= 11 is 0. The summed E-state index contributed by atoms with van der Waals surface area (Å²) in [6.07, 6.45) is 1.19. The molecule has 19 heavy (non-hydrogen) atoms. The quantitative estimate of drug-likeness (QED) is 0.906. The molecule has 3 amide bonds. The molecule has 0 bridgehead atoms. The van der Waals surface area contributed by atoms with Crippen molar-refractivity contribution in [3.05, 3.63) is 23.3 Å². The minimum atomic E-state index is -0.387. The van der Waals surface area contributed by atoms with E-state index in [9.17, 15) is 9.59 Å². The summed E-state index contributed by atoms with van der Waals surface area (Å²) in [4.78, 5) is 24.7. The molecule has 1 heterocycles. The fourth-order valence-corrected chi connectivity index (χ4v) is 2.29. The molecule has 1 aromatic carbocycles. The van der Waals surface area contributed by atoms with Crippen molar-refractivity contribution >= 4 is 17.6 Å². The van der Waals surface area contributed by atoms with E-state index < -0.39 is 0 Å². The van der Waals surface area contributed by atoms with Crippen LogP contribution in [0.5, 0.6) is 5.75 Å². The van der Waals surface area contributed by atoms with E-state index in [0.717, 1.165) is 23.2 Å². The number of nitrogens with zero attached hydrogens (tertiary/aromatic N) is 1. The predicted molar refractivity (Wildman–Crippen MR) is 72.6 cm³/mol. The number of hydrogen-bond acceptors (Lipinski definition) is 3. The minimum absolute atomic E-state index is 0.233. The van der Waals surface area contributed by atoms with E-state index in [4.69, 9.17) is 4.74 Å². The number of benzene rings is 1. The number of methoxy groups -OCH3 is 1. The van der Waals surface area contributed by atoms with Crippen LogP contribution in [0.2, 0.25) is 0 Å². The van der Waals surface area contributed by atoms with E-state index in [-0.39, 0.29) is 11.9 Å². The van der Waals surface area contributed by atoms with Crippen LogP contribution in [-0.2, 0) is 11.2 Å². The standard InChI is InChI=1S/C14H18N2O3/c1-4-10-7-9(2)13(19-3)11(8-10)16-6-5-12(17)15-14(16)18/h7-8H,4-6H2,1-3H3,(H,15,17,18). The van der Waals surface area contributed by atoms with Gasteiger partial charge in [-0.1, -0.05) is 13.0 Å². The molecule has 1 fully saturated rings. The Balaban J connectivity index is 2.45. The second-order valence-electron chi connectivity index (χ2n) is 4.57. The van der Waals surface area contributed by atoms with Crippen LogP contribution in [0.25, 0.3) is 0 Å². The average Bonchev–Trinajstić information content (AvgIpc) is 2.37. The Morgan fingerprint density at radius 1 is 1.37 bits per heavy atom. The van der Waals surface area contributed by atoms with Crippen LogP contribution < -0.4 is 15.0 Å². The molecule has 1 aliphatic rings.